The van der Waals surface area contributed by atoms with Crippen LogP contribution in [0.2, 0.25) is 0 Å². The Bertz CT molecular complexity index is 587. The van der Waals surface area contributed by atoms with Crippen LogP contribution in [0, 0.1) is 6.92 Å². The van der Waals surface area contributed by atoms with Crippen molar-refractivity contribution in [1.29, 1.82) is 0 Å². The lowest BCUT2D eigenvalue weighted by Crippen LogP contribution is -2.04. The van der Waals surface area contributed by atoms with E-state index in [-0.39, 0.29) is 6.61 Å². The van der Waals surface area contributed by atoms with Crippen LogP contribution in [0.5, 0.6) is 0 Å². The lowest BCUT2D eigenvalue weighted by atomic mass is 10.0. The predicted molar refractivity (Wildman–Crippen MR) is 62.4 cm³/mol. The lowest BCUT2D eigenvalue weighted by Gasteiger charge is -2.08. The van der Waals surface area contributed by atoms with Gasteiger partial charge in [-0.2, -0.15) is 0 Å². The number of fused-ring (bicyclic) bond motifs is 1. The minimum absolute atomic E-state index is 0.0268. The Hall–Kier alpha value is -1.81. The van der Waals surface area contributed by atoms with E-state index in [0.29, 0.717) is 23.3 Å². The number of aliphatic hydroxyl groups is 1. The summed E-state index contributed by atoms with van der Waals surface area (Å²) in [6.45, 7) is 1.82. The average molecular weight is 219 g/mol. The van der Waals surface area contributed by atoms with Gasteiger partial charge in [-0.1, -0.05) is 0 Å². The van der Waals surface area contributed by atoms with Crippen molar-refractivity contribution < 1.29 is 9.52 Å². The van der Waals surface area contributed by atoms with Crippen LogP contribution >= 0.6 is 0 Å². The molecule has 0 amide bonds. The first kappa shape index (κ1) is 10.7. The van der Waals surface area contributed by atoms with E-state index in [9.17, 15) is 4.79 Å². The molecule has 4 nitrogen and oxygen atoms in total. The molecule has 0 saturated carbocycles. The highest BCUT2D eigenvalue weighted by Crippen LogP contribution is 2.25. The van der Waals surface area contributed by atoms with Crippen molar-refractivity contribution in [2.24, 2.45) is 0 Å². The number of benzene rings is 1. The summed E-state index contributed by atoms with van der Waals surface area (Å²) in [5, 5.41) is 9.83. The monoisotopic (exact) mass is 219 g/mol. The zero-order valence-corrected chi connectivity index (χ0v) is 8.99. The Balaban J connectivity index is 2.85. The smallest absolute Gasteiger partial charge is 0.336 e. The van der Waals surface area contributed by atoms with Gasteiger partial charge in [0.05, 0.1) is 0 Å². The van der Waals surface area contributed by atoms with Crippen molar-refractivity contribution in [3.05, 3.63) is 39.7 Å². The molecule has 1 aromatic heterocycles. The fourth-order valence-electron chi connectivity index (χ4n) is 1.82. The van der Waals surface area contributed by atoms with Gasteiger partial charge in [0, 0.05) is 35.7 Å². The van der Waals surface area contributed by atoms with Crippen molar-refractivity contribution in [1.82, 2.24) is 0 Å². The number of hydrogen-bond acceptors (Lipinski definition) is 4. The van der Waals surface area contributed by atoms with Crippen molar-refractivity contribution in [2.75, 3.05) is 12.3 Å². The normalized spacial score (nSPS) is 10.9. The van der Waals surface area contributed by atoms with Crippen LogP contribution in [0.25, 0.3) is 11.0 Å². The van der Waals surface area contributed by atoms with E-state index < -0.39 is 5.63 Å². The number of rotatable bonds is 2. The number of hydrogen-bond donors (Lipinski definition) is 2. The molecule has 0 radical (unpaired) electrons. The van der Waals surface area contributed by atoms with Gasteiger partial charge in [0.1, 0.15) is 5.58 Å². The molecular weight excluding hydrogens is 206 g/mol. The third-order valence-corrected chi connectivity index (χ3v) is 2.62. The molecule has 1 aromatic carbocycles. The molecule has 0 spiro atoms. The minimum atomic E-state index is -0.394. The van der Waals surface area contributed by atoms with E-state index >= 15 is 0 Å². The zero-order valence-electron chi connectivity index (χ0n) is 8.99. The fourth-order valence-corrected chi connectivity index (χ4v) is 1.82. The van der Waals surface area contributed by atoms with E-state index in [1.54, 1.807) is 6.07 Å². The molecule has 84 valence electrons. The summed E-state index contributed by atoms with van der Waals surface area (Å²) in [6, 6.07) is 5.03. The topological polar surface area (TPSA) is 76.5 Å². The molecule has 2 rings (SSSR count). The molecule has 2 aromatic rings. The molecule has 0 bridgehead atoms. The molecule has 4 heteroatoms. The Kier molecular flexibility index (Phi) is 2.66. The number of nitrogen functional groups attached to an aromatic ring is 1. The van der Waals surface area contributed by atoms with Gasteiger partial charge in [-0.15, -0.1) is 0 Å². The first-order chi connectivity index (χ1) is 7.63. The number of aliphatic hydroxyl groups excluding tert-OH is 1. The van der Waals surface area contributed by atoms with Crippen LogP contribution in [-0.4, -0.2) is 11.7 Å². The summed E-state index contributed by atoms with van der Waals surface area (Å²) in [5.41, 5.74) is 7.98. The second-order valence-corrected chi connectivity index (χ2v) is 3.73. The second-order valence-electron chi connectivity index (χ2n) is 3.73. The molecule has 1 heterocycles. The minimum Gasteiger partial charge on any atom is -0.422 e. The fraction of sp³-hybridized carbons (Fsp3) is 0.250. The Morgan fingerprint density at radius 2 is 2.19 bits per heavy atom. The van der Waals surface area contributed by atoms with Crippen LogP contribution in [-0.2, 0) is 6.42 Å². The van der Waals surface area contributed by atoms with Crippen molar-refractivity contribution in [3.63, 3.8) is 0 Å². The van der Waals surface area contributed by atoms with E-state index in [0.717, 1.165) is 10.9 Å². The largest absolute Gasteiger partial charge is 0.422 e. The highest BCUT2D eigenvalue weighted by molar-refractivity contribution is 5.86. The molecule has 0 aliphatic heterocycles. The molecule has 0 saturated heterocycles. The summed E-state index contributed by atoms with van der Waals surface area (Å²) >= 11 is 0. The van der Waals surface area contributed by atoms with Crippen LogP contribution in [0.15, 0.2) is 27.4 Å². The SMILES string of the molecule is Cc1cc(=O)oc2c(CCO)c(N)ccc12. The van der Waals surface area contributed by atoms with E-state index in [1.165, 1.54) is 6.07 Å². The molecule has 0 unspecified atom stereocenters. The van der Waals surface area contributed by atoms with Crippen LogP contribution in [0.4, 0.5) is 5.69 Å². The molecule has 0 atom stereocenters. The summed E-state index contributed by atoms with van der Waals surface area (Å²) in [4.78, 5) is 11.3. The number of aryl methyl sites for hydroxylation is 1. The van der Waals surface area contributed by atoms with Crippen LogP contribution < -0.4 is 11.4 Å². The number of nitrogens with two attached hydrogens (primary N) is 1. The molecule has 16 heavy (non-hydrogen) atoms. The van der Waals surface area contributed by atoms with Crippen LogP contribution in [0.3, 0.4) is 0 Å². The van der Waals surface area contributed by atoms with Gasteiger partial charge in [-0.3, -0.25) is 0 Å². The number of anilines is 1. The molecule has 0 fully saturated rings. The van der Waals surface area contributed by atoms with Crippen LogP contribution in [0.1, 0.15) is 11.1 Å². The molecule has 3 N–H and O–H groups in total. The maximum atomic E-state index is 11.3. The highest BCUT2D eigenvalue weighted by atomic mass is 16.4. The predicted octanol–water partition coefficient (Wildman–Crippen LogP) is 1.22. The van der Waals surface area contributed by atoms with Gasteiger partial charge >= 0.3 is 5.63 Å². The maximum absolute atomic E-state index is 11.3. The molecular formula is C12H13NO3. The zero-order chi connectivity index (χ0) is 11.7. The van der Waals surface area contributed by atoms with Gasteiger partial charge in [-0.25, -0.2) is 4.79 Å². The van der Waals surface area contributed by atoms with Crippen molar-refractivity contribution in [3.8, 4) is 0 Å². The van der Waals surface area contributed by atoms with Crippen molar-refractivity contribution in [2.45, 2.75) is 13.3 Å². The lowest BCUT2D eigenvalue weighted by molar-refractivity contribution is 0.299. The van der Waals surface area contributed by atoms with E-state index in [2.05, 4.69) is 0 Å². The third kappa shape index (κ3) is 1.67. The second kappa shape index (κ2) is 3.98. The van der Waals surface area contributed by atoms with E-state index in [1.807, 2.05) is 13.0 Å². The van der Waals surface area contributed by atoms with Gasteiger partial charge in [-0.05, 0) is 24.6 Å². The van der Waals surface area contributed by atoms with Gasteiger partial charge in [0.2, 0.25) is 0 Å². The van der Waals surface area contributed by atoms with Gasteiger partial charge < -0.3 is 15.3 Å². The van der Waals surface area contributed by atoms with E-state index in [4.69, 9.17) is 15.3 Å². The molecule has 0 aliphatic rings. The summed E-state index contributed by atoms with van der Waals surface area (Å²) in [5.74, 6) is 0. The Labute approximate surface area is 92.3 Å². The Morgan fingerprint density at radius 3 is 2.88 bits per heavy atom. The first-order valence-electron chi connectivity index (χ1n) is 5.06. The van der Waals surface area contributed by atoms with Gasteiger partial charge in [0.25, 0.3) is 0 Å². The first-order valence-corrected chi connectivity index (χ1v) is 5.06. The van der Waals surface area contributed by atoms with Gasteiger partial charge in [0.15, 0.2) is 0 Å². The maximum Gasteiger partial charge on any atom is 0.336 e. The summed E-state index contributed by atoms with van der Waals surface area (Å²) < 4.78 is 5.16. The summed E-state index contributed by atoms with van der Waals surface area (Å²) in [7, 11) is 0. The third-order valence-electron chi connectivity index (χ3n) is 2.62. The standard InChI is InChI=1S/C12H13NO3/c1-7-6-11(15)16-12-8(7)2-3-10(13)9(12)4-5-14/h2-3,6,14H,4-5,13H2,1H3. The average Bonchev–Trinajstić information content (AvgIpc) is 2.22. The quantitative estimate of drug-likeness (QED) is 0.588. The Morgan fingerprint density at radius 1 is 1.44 bits per heavy atom. The molecule has 0 aliphatic carbocycles. The summed E-state index contributed by atoms with van der Waals surface area (Å²) in [6.07, 6.45) is 0.384. The van der Waals surface area contributed by atoms with Crippen molar-refractivity contribution >= 4 is 16.7 Å². The highest BCUT2D eigenvalue weighted by Gasteiger charge is 2.10.